The quantitative estimate of drug-likeness (QED) is 0.924. The maximum Gasteiger partial charge on any atom is 0.325 e. The zero-order valence-electron chi connectivity index (χ0n) is 10.1. The Morgan fingerprint density at radius 3 is 2.58 bits per heavy atom. The number of aliphatic carboxylic acids is 1. The van der Waals surface area contributed by atoms with Crippen molar-refractivity contribution in [3.63, 3.8) is 0 Å². The van der Waals surface area contributed by atoms with Crippen molar-refractivity contribution in [3.05, 3.63) is 28.2 Å². The van der Waals surface area contributed by atoms with E-state index in [0.29, 0.717) is 6.42 Å². The maximum atomic E-state index is 12.6. The third-order valence-electron chi connectivity index (χ3n) is 3.57. The van der Waals surface area contributed by atoms with Gasteiger partial charge in [-0.15, -0.1) is 0 Å². The number of hydrogen-bond acceptors (Lipinski definition) is 3. The minimum atomic E-state index is -4.06. The molecule has 7 heteroatoms. The number of sulfone groups is 1. The number of carboxylic acid groups (broad SMARTS) is 1. The van der Waals surface area contributed by atoms with Gasteiger partial charge in [-0.25, -0.2) is 8.42 Å². The van der Waals surface area contributed by atoms with Crippen LogP contribution >= 0.6 is 23.2 Å². The molecule has 0 bridgehead atoms. The van der Waals surface area contributed by atoms with E-state index in [2.05, 4.69) is 0 Å². The minimum absolute atomic E-state index is 0.00761. The monoisotopic (exact) mass is 322 g/mol. The van der Waals surface area contributed by atoms with E-state index in [1.807, 2.05) is 0 Å². The molecule has 1 fully saturated rings. The van der Waals surface area contributed by atoms with Gasteiger partial charge in [0.1, 0.15) is 0 Å². The lowest BCUT2D eigenvalue weighted by Gasteiger charge is -2.15. The van der Waals surface area contributed by atoms with Gasteiger partial charge in [-0.2, -0.15) is 0 Å². The molecule has 0 radical (unpaired) electrons. The van der Waals surface area contributed by atoms with Crippen LogP contribution in [-0.2, 0) is 14.6 Å². The van der Waals surface area contributed by atoms with Crippen molar-refractivity contribution in [1.82, 2.24) is 0 Å². The Balaban J connectivity index is 2.60. The molecule has 4 nitrogen and oxygen atoms in total. The van der Waals surface area contributed by atoms with Gasteiger partial charge in [0.15, 0.2) is 14.6 Å². The number of rotatable bonds is 4. The molecule has 2 unspecified atom stereocenters. The first-order valence-electron chi connectivity index (χ1n) is 5.70. The topological polar surface area (TPSA) is 71.4 Å². The smallest absolute Gasteiger partial charge is 0.325 e. The standard InChI is InChI=1S/C12H12Cl2O4S/c1-2-7-6-12(7,11(15)16)19(17,18)10-5-8(13)3-4-9(10)14/h3-5,7H,2,6H2,1H3,(H,15,16). The van der Waals surface area contributed by atoms with Crippen LogP contribution in [0.1, 0.15) is 19.8 Å². The second-order valence-corrected chi connectivity index (χ2v) is 7.60. The molecule has 1 saturated carbocycles. The summed E-state index contributed by atoms with van der Waals surface area (Å²) < 4.78 is 23.4. The number of carbonyl (C=O) groups is 1. The highest BCUT2D eigenvalue weighted by Crippen LogP contribution is 2.55. The predicted octanol–water partition coefficient (Wildman–Crippen LogP) is 3.02. The zero-order valence-corrected chi connectivity index (χ0v) is 12.4. The molecule has 0 saturated heterocycles. The summed E-state index contributed by atoms with van der Waals surface area (Å²) in [6.45, 7) is 1.77. The van der Waals surface area contributed by atoms with Crippen molar-refractivity contribution in [1.29, 1.82) is 0 Å². The highest BCUT2D eigenvalue weighted by atomic mass is 35.5. The van der Waals surface area contributed by atoms with Crippen LogP contribution in [0.2, 0.25) is 10.0 Å². The van der Waals surface area contributed by atoms with E-state index in [4.69, 9.17) is 23.2 Å². The fourth-order valence-corrected chi connectivity index (χ4v) is 5.28. The normalized spacial score (nSPS) is 26.2. The number of benzene rings is 1. The summed E-state index contributed by atoms with van der Waals surface area (Å²) in [7, 11) is -4.06. The van der Waals surface area contributed by atoms with Gasteiger partial charge in [-0.3, -0.25) is 4.79 Å². The average Bonchev–Trinajstić information content (AvgIpc) is 3.08. The van der Waals surface area contributed by atoms with Crippen LogP contribution in [-0.4, -0.2) is 24.2 Å². The molecule has 0 heterocycles. The summed E-state index contributed by atoms with van der Waals surface area (Å²) in [4.78, 5) is 11.2. The Bertz CT molecular complexity index is 641. The summed E-state index contributed by atoms with van der Waals surface area (Å²) in [5.41, 5.74) is 0. The third-order valence-corrected chi connectivity index (χ3v) is 6.79. The van der Waals surface area contributed by atoms with Gasteiger partial charge in [-0.05, 0) is 30.5 Å². The first-order chi connectivity index (χ1) is 8.77. The second-order valence-electron chi connectivity index (χ2n) is 4.58. The second kappa shape index (κ2) is 4.65. The van der Waals surface area contributed by atoms with Crippen molar-refractivity contribution < 1.29 is 18.3 Å². The van der Waals surface area contributed by atoms with E-state index >= 15 is 0 Å². The fourth-order valence-electron chi connectivity index (χ4n) is 2.37. The molecular formula is C12H12Cl2O4S. The number of halogens is 2. The lowest BCUT2D eigenvalue weighted by molar-refractivity contribution is -0.137. The van der Waals surface area contributed by atoms with Gasteiger partial charge in [0, 0.05) is 5.02 Å². The highest BCUT2D eigenvalue weighted by Gasteiger charge is 2.69. The average molecular weight is 323 g/mol. The van der Waals surface area contributed by atoms with Gasteiger partial charge in [0.25, 0.3) is 0 Å². The number of hydrogen-bond donors (Lipinski definition) is 1. The van der Waals surface area contributed by atoms with Gasteiger partial charge in [-0.1, -0.05) is 36.5 Å². The Hall–Kier alpha value is -0.780. The van der Waals surface area contributed by atoms with Crippen LogP contribution in [0.25, 0.3) is 0 Å². The first-order valence-corrected chi connectivity index (χ1v) is 7.94. The molecule has 1 aromatic carbocycles. The molecular weight excluding hydrogens is 311 g/mol. The molecule has 2 atom stereocenters. The minimum Gasteiger partial charge on any atom is -0.480 e. The zero-order chi connectivity index (χ0) is 14.4. The molecule has 104 valence electrons. The van der Waals surface area contributed by atoms with E-state index < -0.39 is 20.6 Å². The molecule has 19 heavy (non-hydrogen) atoms. The van der Waals surface area contributed by atoms with Crippen LogP contribution < -0.4 is 0 Å². The Kier molecular flexibility index (Phi) is 3.58. The van der Waals surface area contributed by atoms with Gasteiger partial charge >= 0.3 is 5.97 Å². The van der Waals surface area contributed by atoms with Crippen molar-refractivity contribution >= 4 is 39.0 Å². The summed E-state index contributed by atoms with van der Waals surface area (Å²) in [5.74, 6) is -1.71. The molecule has 0 aromatic heterocycles. The van der Waals surface area contributed by atoms with Gasteiger partial charge < -0.3 is 5.11 Å². The molecule has 0 amide bonds. The Morgan fingerprint density at radius 2 is 2.11 bits per heavy atom. The van der Waals surface area contributed by atoms with Crippen molar-refractivity contribution in [2.45, 2.75) is 29.4 Å². The van der Waals surface area contributed by atoms with E-state index in [1.165, 1.54) is 18.2 Å². The van der Waals surface area contributed by atoms with Crippen LogP contribution in [0.5, 0.6) is 0 Å². The highest BCUT2D eigenvalue weighted by molar-refractivity contribution is 7.94. The molecule has 1 N–H and O–H groups in total. The van der Waals surface area contributed by atoms with Crippen LogP contribution in [0.15, 0.2) is 23.1 Å². The summed E-state index contributed by atoms with van der Waals surface area (Å²) in [6.07, 6.45) is 0.605. The van der Waals surface area contributed by atoms with E-state index in [0.717, 1.165) is 0 Å². The van der Waals surface area contributed by atoms with Gasteiger partial charge in [0.2, 0.25) is 0 Å². The van der Waals surface area contributed by atoms with E-state index in [1.54, 1.807) is 6.92 Å². The van der Waals surface area contributed by atoms with Crippen LogP contribution in [0.4, 0.5) is 0 Å². The molecule has 0 aliphatic heterocycles. The van der Waals surface area contributed by atoms with Crippen LogP contribution in [0, 0.1) is 5.92 Å². The van der Waals surface area contributed by atoms with Crippen molar-refractivity contribution in [2.24, 2.45) is 5.92 Å². The molecule has 0 spiro atoms. The number of carboxylic acids is 1. The maximum absolute atomic E-state index is 12.6. The lowest BCUT2D eigenvalue weighted by Crippen LogP contribution is -2.35. The Labute approximate surface area is 121 Å². The summed E-state index contributed by atoms with van der Waals surface area (Å²) >= 11 is 11.7. The fraction of sp³-hybridized carbons (Fsp3) is 0.417. The summed E-state index contributed by atoms with van der Waals surface area (Å²) in [6, 6.07) is 4.02. The lowest BCUT2D eigenvalue weighted by atomic mass is 10.2. The predicted molar refractivity (Wildman–Crippen MR) is 72.4 cm³/mol. The van der Waals surface area contributed by atoms with Gasteiger partial charge in [0.05, 0.1) is 9.92 Å². The first kappa shape index (κ1) is 14.6. The van der Waals surface area contributed by atoms with Crippen molar-refractivity contribution in [3.8, 4) is 0 Å². The molecule has 1 aliphatic carbocycles. The SMILES string of the molecule is CCC1CC1(C(=O)O)S(=O)(=O)c1cc(Cl)ccc1Cl. The van der Waals surface area contributed by atoms with Crippen LogP contribution in [0.3, 0.4) is 0 Å². The van der Waals surface area contributed by atoms with Crippen molar-refractivity contribution in [2.75, 3.05) is 0 Å². The molecule has 1 aromatic rings. The summed E-state index contributed by atoms with van der Waals surface area (Å²) in [5, 5.41) is 9.51. The van der Waals surface area contributed by atoms with E-state index in [9.17, 15) is 18.3 Å². The molecule has 2 rings (SSSR count). The van der Waals surface area contributed by atoms with E-state index in [-0.39, 0.29) is 27.3 Å². The largest absolute Gasteiger partial charge is 0.480 e. The molecule has 1 aliphatic rings. The Morgan fingerprint density at radius 1 is 1.47 bits per heavy atom. The third kappa shape index (κ3) is 2.04.